The number of benzene rings is 3. The van der Waals surface area contributed by atoms with Crippen LogP contribution in [0.1, 0.15) is 6.92 Å². The van der Waals surface area contributed by atoms with E-state index in [1.54, 1.807) is 0 Å². The van der Waals surface area contributed by atoms with Crippen LogP contribution in [0.3, 0.4) is 0 Å². The molecule has 3 rings (SSSR count). The molecule has 1 nitrogen and oxygen atoms in total. The Labute approximate surface area is 168 Å². The van der Waals surface area contributed by atoms with Crippen LogP contribution in [-0.4, -0.2) is 28.4 Å². The topological polar surface area (TPSA) is 9.23 Å². The molecule has 0 unspecified atom stereocenters. The van der Waals surface area contributed by atoms with Crippen molar-refractivity contribution in [1.82, 2.24) is 0 Å². The maximum absolute atomic E-state index is 5.60. The van der Waals surface area contributed by atoms with Gasteiger partial charge in [0.2, 0.25) is 0 Å². The van der Waals surface area contributed by atoms with E-state index in [0.717, 1.165) is 14.7 Å². The van der Waals surface area contributed by atoms with Crippen LogP contribution in [0.5, 0.6) is 5.75 Å². The van der Waals surface area contributed by atoms with Crippen LogP contribution in [0.4, 0.5) is 0 Å². The molecule has 0 saturated heterocycles. The molecule has 0 spiro atoms. The molecule has 0 heterocycles. The van der Waals surface area contributed by atoms with Crippen molar-refractivity contribution >= 4 is 63.4 Å². The Balaban J connectivity index is 2.08. The molecular weight excluding hydrogens is 625 g/mol. The minimum absolute atomic E-state index is 0.697. The summed E-state index contributed by atoms with van der Waals surface area (Å²) in [5.74, 6) is 0.939. The number of halogens is 2. The van der Waals surface area contributed by atoms with E-state index in [2.05, 4.69) is 105 Å². The number of ether oxygens (including phenoxy) is 1. The fraction of sp³-hybridized carbons (Fsp3) is 0.100. The monoisotopic (exact) mass is 640 g/mol. The zero-order valence-corrected chi connectivity index (χ0v) is 19.9. The van der Waals surface area contributed by atoms with Gasteiger partial charge in [0, 0.05) is 0 Å². The molecule has 0 N–H and O–H groups in total. The zero-order valence-electron chi connectivity index (χ0n) is 13.2. The molecule has 0 aromatic heterocycles. The Morgan fingerprint density at radius 1 is 0.750 bits per heavy atom. The normalized spacial score (nSPS) is 10.8. The van der Waals surface area contributed by atoms with Crippen molar-refractivity contribution in [3.8, 4) is 5.75 Å². The average Bonchev–Trinajstić information content (AvgIpc) is 2.57. The van der Waals surface area contributed by atoms with Crippen LogP contribution in [-0.2, 0) is 0 Å². The Kier molecular flexibility index (Phi) is 6.49. The van der Waals surface area contributed by atoms with E-state index in [1.807, 2.05) is 6.92 Å². The van der Waals surface area contributed by atoms with Crippen LogP contribution in [0.15, 0.2) is 81.7 Å². The van der Waals surface area contributed by atoms with Crippen molar-refractivity contribution in [2.75, 3.05) is 6.61 Å². The van der Waals surface area contributed by atoms with Crippen molar-refractivity contribution in [1.29, 1.82) is 0 Å². The molecular formula is C20H17BiBr2O. The molecule has 3 aromatic rings. The second-order valence-corrected chi connectivity index (χ2v) is 15.7. The van der Waals surface area contributed by atoms with E-state index in [9.17, 15) is 0 Å². The van der Waals surface area contributed by atoms with Gasteiger partial charge in [-0.3, -0.25) is 0 Å². The Hall–Kier alpha value is -0.697. The Morgan fingerprint density at radius 2 is 1.29 bits per heavy atom. The maximum atomic E-state index is 5.60. The quantitative estimate of drug-likeness (QED) is 0.381. The molecule has 4 heteroatoms. The van der Waals surface area contributed by atoms with Crippen molar-refractivity contribution in [2.45, 2.75) is 6.92 Å². The number of hydrogen-bond donors (Lipinski definition) is 0. The van der Waals surface area contributed by atoms with E-state index < -0.39 is 21.8 Å². The first-order chi connectivity index (χ1) is 11.7. The fourth-order valence-corrected chi connectivity index (χ4v) is 13.9. The SMILES string of the molecule is CCOc1cc[c]([Bi]([c]2cccc(Br)c2)[c]2cccc(Br)c2)cc1. The summed E-state index contributed by atoms with van der Waals surface area (Å²) >= 11 is 4.94. The molecule has 24 heavy (non-hydrogen) atoms. The first-order valence-corrected chi connectivity index (χ1v) is 14.5. The van der Waals surface area contributed by atoms with Crippen LogP contribution in [0, 0.1) is 0 Å². The van der Waals surface area contributed by atoms with Crippen molar-refractivity contribution in [3.05, 3.63) is 81.7 Å². The Bertz CT molecular complexity index is 772. The number of rotatable bonds is 5. The van der Waals surface area contributed by atoms with E-state index in [-0.39, 0.29) is 0 Å². The predicted octanol–water partition coefficient (Wildman–Crippen LogP) is 4.13. The molecule has 0 radical (unpaired) electrons. The van der Waals surface area contributed by atoms with Crippen LogP contribution >= 0.6 is 31.9 Å². The van der Waals surface area contributed by atoms with Crippen LogP contribution in [0.25, 0.3) is 0 Å². The fourth-order valence-electron chi connectivity index (χ4n) is 2.54. The summed E-state index contributed by atoms with van der Waals surface area (Å²) < 4.78 is 12.2. The van der Waals surface area contributed by atoms with Crippen LogP contribution in [0.2, 0.25) is 0 Å². The zero-order chi connectivity index (χ0) is 16.9. The summed E-state index contributed by atoms with van der Waals surface area (Å²) in [6.45, 7) is 2.71. The number of hydrogen-bond acceptors (Lipinski definition) is 1. The first-order valence-electron chi connectivity index (χ1n) is 7.71. The van der Waals surface area contributed by atoms with Gasteiger partial charge in [0.1, 0.15) is 0 Å². The molecule has 3 aromatic carbocycles. The van der Waals surface area contributed by atoms with Gasteiger partial charge in [-0.05, 0) is 0 Å². The van der Waals surface area contributed by atoms with Gasteiger partial charge in [0.05, 0.1) is 0 Å². The van der Waals surface area contributed by atoms with Crippen molar-refractivity contribution in [3.63, 3.8) is 0 Å². The summed E-state index contributed by atoms with van der Waals surface area (Å²) in [5.41, 5.74) is 0. The third-order valence-electron chi connectivity index (χ3n) is 3.54. The molecule has 0 bridgehead atoms. The molecule has 0 atom stereocenters. The third kappa shape index (κ3) is 4.47. The summed E-state index contributed by atoms with van der Waals surface area (Å²) in [6.07, 6.45) is 0. The molecule has 0 aliphatic carbocycles. The third-order valence-corrected chi connectivity index (χ3v) is 13.9. The van der Waals surface area contributed by atoms with Gasteiger partial charge in [0.25, 0.3) is 0 Å². The molecule has 0 amide bonds. The molecule has 0 fully saturated rings. The van der Waals surface area contributed by atoms with Crippen LogP contribution < -0.4 is 14.6 Å². The van der Waals surface area contributed by atoms with Gasteiger partial charge < -0.3 is 0 Å². The molecule has 122 valence electrons. The molecule has 0 aliphatic rings. The average molecular weight is 642 g/mol. The standard InChI is InChI=1S/C8H9O.2C6H4Br.Bi/c1-2-9-8-6-4-3-5-7-8;2*7-6-4-2-1-3-5-6;/h4-7H,2H2,1H3;2*1-2,4-5H;. The van der Waals surface area contributed by atoms with Gasteiger partial charge in [-0.2, -0.15) is 0 Å². The van der Waals surface area contributed by atoms with Gasteiger partial charge in [-0.25, -0.2) is 0 Å². The van der Waals surface area contributed by atoms with E-state index in [4.69, 9.17) is 4.74 Å². The van der Waals surface area contributed by atoms with Gasteiger partial charge in [-0.1, -0.05) is 0 Å². The predicted molar refractivity (Wildman–Crippen MR) is 111 cm³/mol. The second kappa shape index (κ2) is 8.60. The Morgan fingerprint density at radius 3 is 1.75 bits per heavy atom. The van der Waals surface area contributed by atoms with Gasteiger partial charge in [0.15, 0.2) is 0 Å². The minimum atomic E-state index is -2.31. The van der Waals surface area contributed by atoms with E-state index >= 15 is 0 Å². The van der Waals surface area contributed by atoms with E-state index in [0.29, 0.717) is 6.61 Å². The first kappa shape index (κ1) is 18.1. The molecule has 0 aliphatic heterocycles. The summed E-state index contributed by atoms with van der Waals surface area (Å²) in [6, 6.07) is 26.2. The summed E-state index contributed by atoms with van der Waals surface area (Å²) in [7, 11) is 0. The summed E-state index contributed by atoms with van der Waals surface area (Å²) in [4.78, 5) is 0. The van der Waals surface area contributed by atoms with Gasteiger partial charge in [-0.15, -0.1) is 0 Å². The second-order valence-electron chi connectivity index (χ2n) is 5.22. The van der Waals surface area contributed by atoms with Crippen molar-refractivity contribution < 1.29 is 4.74 Å². The van der Waals surface area contributed by atoms with Gasteiger partial charge >= 0.3 is 169 Å². The van der Waals surface area contributed by atoms with E-state index in [1.165, 1.54) is 9.81 Å². The summed E-state index contributed by atoms with van der Waals surface area (Å²) in [5, 5.41) is 0. The molecule has 0 saturated carbocycles. The van der Waals surface area contributed by atoms with Crippen molar-refractivity contribution in [2.24, 2.45) is 0 Å².